The number of nitrogens with zero attached hydrogens (tertiary/aromatic N) is 7. The quantitative estimate of drug-likeness (QED) is 0.0808. The topological polar surface area (TPSA) is 22.7 Å². The van der Waals surface area contributed by atoms with Crippen LogP contribution < -0.4 is 0 Å². The van der Waals surface area contributed by atoms with Crippen LogP contribution in [0.4, 0.5) is 0 Å². The summed E-state index contributed by atoms with van der Waals surface area (Å²) in [5.41, 5.74) is 0. The molecule has 0 aromatic heterocycles. The third-order valence-corrected chi connectivity index (χ3v) is 39.8. The Hall–Kier alpha value is 1.02. The highest BCUT2D eigenvalue weighted by molar-refractivity contribution is 7.02. The molecular formula is C42H105N7Si6. The molecule has 0 aliphatic carbocycles. The van der Waals surface area contributed by atoms with Gasteiger partial charge in [0.1, 0.15) is 0 Å². The van der Waals surface area contributed by atoms with Crippen LogP contribution in [-0.4, -0.2) is 160 Å². The third-order valence-electron chi connectivity index (χ3n) is 12.0. The van der Waals surface area contributed by atoms with Crippen LogP contribution in [0.5, 0.6) is 0 Å². The molecule has 0 saturated heterocycles. The van der Waals surface area contributed by atoms with E-state index in [0.717, 1.165) is 0 Å². The molecule has 0 radical (unpaired) electrons. The molecule has 13 heteroatoms. The molecule has 55 heavy (non-hydrogen) atoms. The third kappa shape index (κ3) is 11.7. The number of hydrogen-bond acceptors (Lipinski definition) is 7. The Bertz CT molecular complexity index is 817. The Labute approximate surface area is 360 Å². The highest BCUT2D eigenvalue weighted by Crippen LogP contribution is 2.50. The van der Waals surface area contributed by atoms with Gasteiger partial charge in [-0.15, -0.1) is 0 Å². The molecule has 332 valence electrons. The second-order valence-corrected chi connectivity index (χ2v) is 35.4. The minimum absolute atomic E-state index is 0.434. The summed E-state index contributed by atoms with van der Waals surface area (Å²) in [6, 6.07) is 13.2. The molecule has 0 aromatic carbocycles. The Morgan fingerprint density at radius 3 is 0.436 bits per heavy atom. The van der Waals surface area contributed by atoms with Gasteiger partial charge in [0.25, 0.3) is 25.7 Å². The number of hydrogen-bond donors (Lipinski definition) is 0. The van der Waals surface area contributed by atoms with E-state index in [1.165, 1.54) is 67.0 Å². The summed E-state index contributed by atoms with van der Waals surface area (Å²) in [5.74, 6) is 0. The molecular weight excluding hydrogens is 771 g/mol. The first-order chi connectivity index (χ1) is 25.1. The fraction of sp³-hybridized carbons (Fsp3) is 1.00. The van der Waals surface area contributed by atoms with E-state index >= 15 is 0 Å². The van der Waals surface area contributed by atoms with E-state index in [1.807, 2.05) is 0 Å². The lowest BCUT2D eigenvalue weighted by molar-refractivity contribution is 0.126. The molecule has 7 nitrogen and oxygen atoms in total. The average molecular weight is 877 g/mol. The fourth-order valence-corrected chi connectivity index (χ4v) is 48.0. The van der Waals surface area contributed by atoms with Gasteiger partial charge in [0.2, 0.25) is 0 Å². The molecule has 0 rings (SSSR count). The molecule has 0 unspecified atom stereocenters. The fourth-order valence-electron chi connectivity index (χ4n) is 12.6. The van der Waals surface area contributed by atoms with Crippen LogP contribution in [0.3, 0.4) is 0 Å². The van der Waals surface area contributed by atoms with Crippen LogP contribution in [0.15, 0.2) is 0 Å². The van der Waals surface area contributed by atoms with E-state index in [0.29, 0.717) is 72.5 Å². The van der Waals surface area contributed by atoms with Gasteiger partial charge < -0.3 is 0 Å². The van der Waals surface area contributed by atoms with Gasteiger partial charge in [0.05, 0.1) is 0 Å². The standard InChI is InChI=1S/C42H105N7Si6/c1-31(2)43(32(3)4)53(28-25-50,44(33(5)6)34(7)8)49(54(29-26-51,45(35(9)10)36(11)12)46(37(13)14)38(15)16)55(30-27-52,47(39(17)18)40(19)20)48(41(21)22)42(23)24/h31-42H,25-30H2,1-24,50-52H3. The SMILES string of the molecule is CC(C)N(C(C)C)[Si](CC[SiH3])(N(C(C)C)C(C)C)N([Si](CC[SiH3])(N(C(C)C)C(C)C)N(C(C)C)C(C)C)[Si](CC[SiH3])(N(C(C)C)C(C)C)N(C(C)C)C(C)C. The summed E-state index contributed by atoms with van der Waals surface area (Å²) in [4.78, 5) is 0. The van der Waals surface area contributed by atoms with Gasteiger partial charge in [0.15, 0.2) is 0 Å². The normalized spacial score (nSPS) is 14.9. The summed E-state index contributed by atoms with van der Waals surface area (Å²) in [7, 11) is -4.96. The molecule has 0 aliphatic heterocycles. The van der Waals surface area contributed by atoms with Gasteiger partial charge in [-0.25, -0.2) is 0 Å². The van der Waals surface area contributed by atoms with Crippen LogP contribution in [0.25, 0.3) is 0 Å². The summed E-state index contributed by atoms with van der Waals surface area (Å²) in [6.45, 7) is 61.9. The smallest absolute Gasteiger partial charge is 0.280 e. The van der Waals surface area contributed by atoms with Crippen LogP contribution in [-0.2, 0) is 0 Å². The first-order valence-corrected chi connectivity index (χ1v) is 34.0. The molecule has 0 N–H and O–H groups in total. The van der Waals surface area contributed by atoms with Crippen molar-refractivity contribution in [2.45, 2.75) is 275 Å². The first kappa shape index (κ1) is 56.0. The highest BCUT2D eigenvalue weighted by atomic mass is 28.5. The van der Waals surface area contributed by atoms with Crippen molar-refractivity contribution in [1.82, 2.24) is 31.3 Å². The Morgan fingerprint density at radius 2 is 0.364 bits per heavy atom. The minimum atomic E-state index is -2.88. The summed E-state index contributed by atoms with van der Waals surface area (Å²) >= 11 is 0. The molecule has 0 amide bonds. The largest absolute Gasteiger partial charge is 0.296 e. The number of rotatable bonds is 27. The molecule has 0 fully saturated rings. The highest BCUT2D eigenvalue weighted by Gasteiger charge is 2.74. The van der Waals surface area contributed by atoms with E-state index in [1.54, 1.807) is 0 Å². The lowest BCUT2D eigenvalue weighted by Crippen LogP contribution is -2.99. The van der Waals surface area contributed by atoms with Crippen LogP contribution in [0, 0.1) is 0 Å². The maximum absolute atomic E-state index is 3.81. The van der Waals surface area contributed by atoms with Crippen molar-refractivity contribution in [3.05, 3.63) is 0 Å². The molecule has 0 heterocycles. The minimum Gasteiger partial charge on any atom is -0.296 e. The predicted octanol–water partition coefficient (Wildman–Crippen LogP) is 7.17. The van der Waals surface area contributed by atoms with E-state index < -0.39 is 25.7 Å². The van der Waals surface area contributed by atoms with Crippen LogP contribution in [0.2, 0.25) is 36.3 Å². The summed E-state index contributed by atoms with van der Waals surface area (Å²) < 4.78 is 23.3. The molecule has 0 atom stereocenters. The van der Waals surface area contributed by atoms with Gasteiger partial charge in [-0.05, 0) is 90.6 Å². The van der Waals surface area contributed by atoms with E-state index in [2.05, 4.69) is 197 Å². The maximum Gasteiger partial charge on any atom is 0.280 e. The molecule has 0 spiro atoms. The van der Waals surface area contributed by atoms with Crippen LogP contribution >= 0.6 is 0 Å². The molecule has 0 aromatic rings. The molecule has 0 aliphatic rings. The van der Waals surface area contributed by atoms with Gasteiger partial charge in [-0.2, -0.15) is 0 Å². The second-order valence-electron chi connectivity index (χ2n) is 20.5. The Morgan fingerprint density at radius 1 is 0.255 bits per heavy atom. The monoisotopic (exact) mass is 876 g/mol. The van der Waals surface area contributed by atoms with Crippen molar-refractivity contribution >= 4 is 56.4 Å². The Balaban J connectivity index is 11.0. The first-order valence-electron chi connectivity index (χ1n) is 23.6. The molecule has 0 bridgehead atoms. The zero-order chi connectivity index (χ0) is 43.7. The van der Waals surface area contributed by atoms with Gasteiger partial charge >= 0.3 is 0 Å². The van der Waals surface area contributed by atoms with Crippen LogP contribution in [0.1, 0.15) is 166 Å². The lowest BCUT2D eigenvalue weighted by atomic mass is 10.3. The van der Waals surface area contributed by atoms with Gasteiger partial charge in [-0.3, -0.25) is 31.3 Å². The zero-order valence-corrected chi connectivity index (χ0v) is 51.8. The van der Waals surface area contributed by atoms with Crippen molar-refractivity contribution in [2.75, 3.05) is 0 Å². The zero-order valence-electron chi connectivity index (χ0n) is 42.8. The van der Waals surface area contributed by atoms with Gasteiger partial charge in [0, 0.05) is 30.7 Å². The summed E-state index contributed by atoms with van der Waals surface area (Å²) in [6.07, 6.45) is 0. The summed E-state index contributed by atoms with van der Waals surface area (Å²) in [5, 5.41) is 0. The maximum atomic E-state index is 3.81. The van der Waals surface area contributed by atoms with E-state index in [4.69, 9.17) is 0 Å². The average Bonchev–Trinajstić information content (AvgIpc) is 2.95. The van der Waals surface area contributed by atoms with E-state index in [-0.39, 0.29) is 0 Å². The molecule has 0 saturated carbocycles. The predicted molar refractivity (Wildman–Crippen MR) is 270 cm³/mol. The van der Waals surface area contributed by atoms with Crippen molar-refractivity contribution in [3.63, 3.8) is 0 Å². The van der Waals surface area contributed by atoms with E-state index in [9.17, 15) is 0 Å². The van der Waals surface area contributed by atoms with Crippen molar-refractivity contribution in [2.24, 2.45) is 0 Å². The second kappa shape index (κ2) is 23.9. The van der Waals surface area contributed by atoms with Gasteiger partial charge in [-0.1, -0.05) is 184 Å². The Kier molecular flexibility index (Phi) is 24.3. The van der Waals surface area contributed by atoms with Crippen molar-refractivity contribution in [1.29, 1.82) is 0 Å². The van der Waals surface area contributed by atoms with Crippen molar-refractivity contribution < 1.29 is 0 Å². The van der Waals surface area contributed by atoms with Crippen molar-refractivity contribution in [3.8, 4) is 0 Å². The lowest BCUT2D eigenvalue weighted by Gasteiger charge is -2.75.